The summed E-state index contributed by atoms with van der Waals surface area (Å²) in [6.45, 7) is 4.94. The number of aryl methyl sites for hydroxylation is 1. The Kier molecular flexibility index (Phi) is 6.97. The van der Waals surface area contributed by atoms with Crippen molar-refractivity contribution in [2.45, 2.75) is 26.4 Å². The van der Waals surface area contributed by atoms with Crippen LogP contribution in [-0.2, 0) is 6.54 Å². The molecule has 8 nitrogen and oxygen atoms in total. The van der Waals surface area contributed by atoms with Gasteiger partial charge in [-0.2, -0.15) is 5.10 Å². The van der Waals surface area contributed by atoms with E-state index in [4.69, 9.17) is 9.84 Å². The van der Waals surface area contributed by atoms with Gasteiger partial charge in [-0.05, 0) is 80.1 Å². The van der Waals surface area contributed by atoms with Gasteiger partial charge in [0.25, 0.3) is 0 Å². The number of hydrogen-bond donors (Lipinski definition) is 1. The normalized spacial score (nSPS) is 14.1. The third-order valence-electron chi connectivity index (χ3n) is 7.49. The summed E-state index contributed by atoms with van der Waals surface area (Å²) in [7, 11) is 4.05. The number of ether oxygens (including phenoxy) is 1. The molecule has 2 aromatic heterocycles. The lowest BCUT2D eigenvalue weighted by atomic mass is 10.0. The van der Waals surface area contributed by atoms with Crippen LogP contribution in [0.15, 0.2) is 97.2 Å². The summed E-state index contributed by atoms with van der Waals surface area (Å²) < 4.78 is 9.74. The monoisotopic (exact) mass is 546 g/mol. The minimum absolute atomic E-state index is 0.191. The molecule has 0 aliphatic carbocycles. The molecule has 3 heterocycles. The maximum atomic E-state index is 14.2. The highest BCUT2D eigenvalue weighted by molar-refractivity contribution is 5.90. The van der Waals surface area contributed by atoms with Gasteiger partial charge in [-0.15, -0.1) is 0 Å². The number of carbonyl (C=O) groups excluding carboxylic acids is 1. The lowest BCUT2D eigenvalue weighted by Gasteiger charge is -2.31. The van der Waals surface area contributed by atoms with Crippen molar-refractivity contribution >= 4 is 17.4 Å². The number of carbonyl (C=O) groups is 1. The number of para-hydroxylation sites is 1. The van der Waals surface area contributed by atoms with Crippen molar-refractivity contribution in [3.05, 3.63) is 120 Å². The van der Waals surface area contributed by atoms with Crippen molar-refractivity contribution in [3.63, 3.8) is 0 Å². The van der Waals surface area contributed by atoms with Crippen LogP contribution in [0.4, 0.5) is 16.2 Å². The fourth-order valence-corrected chi connectivity index (χ4v) is 5.45. The first-order valence-corrected chi connectivity index (χ1v) is 13.8. The van der Waals surface area contributed by atoms with Gasteiger partial charge in [0.15, 0.2) is 0 Å². The number of anilines is 2. The van der Waals surface area contributed by atoms with Crippen LogP contribution in [-0.4, -0.2) is 46.0 Å². The smallest absolute Gasteiger partial charge is 0.322 e. The SMILES string of the molecule is CCOc1ccc(NC(=O)N2Cc3c(C)nn(-c4ccccc4)c3-n3cccc3[C@H]2c2ccc(N(C)C)cc2)cc1. The van der Waals surface area contributed by atoms with Gasteiger partial charge in [0.2, 0.25) is 0 Å². The fraction of sp³-hybridized carbons (Fsp3) is 0.212. The Hall–Kier alpha value is -4.98. The van der Waals surface area contributed by atoms with Crippen LogP contribution in [0.2, 0.25) is 0 Å². The zero-order valence-electron chi connectivity index (χ0n) is 23.8. The molecule has 0 saturated carbocycles. The van der Waals surface area contributed by atoms with Crippen LogP contribution in [0.25, 0.3) is 11.5 Å². The molecule has 2 amide bonds. The number of fused-ring (bicyclic) bond motifs is 3. The molecule has 0 radical (unpaired) electrons. The van der Waals surface area contributed by atoms with Gasteiger partial charge in [0, 0.05) is 37.2 Å². The summed E-state index contributed by atoms with van der Waals surface area (Å²) >= 11 is 0. The second kappa shape index (κ2) is 10.9. The summed E-state index contributed by atoms with van der Waals surface area (Å²) in [6.07, 6.45) is 2.06. The van der Waals surface area contributed by atoms with Gasteiger partial charge >= 0.3 is 6.03 Å². The van der Waals surface area contributed by atoms with Crippen molar-refractivity contribution in [1.82, 2.24) is 19.2 Å². The average Bonchev–Trinajstić information content (AvgIpc) is 3.55. The minimum atomic E-state index is -0.333. The van der Waals surface area contributed by atoms with E-state index in [9.17, 15) is 4.79 Å². The quantitative estimate of drug-likeness (QED) is 0.262. The van der Waals surface area contributed by atoms with Crippen molar-refractivity contribution in [2.24, 2.45) is 0 Å². The first kappa shape index (κ1) is 26.3. The molecule has 41 heavy (non-hydrogen) atoms. The number of aromatic nitrogens is 3. The highest BCUT2D eigenvalue weighted by atomic mass is 16.5. The van der Waals surface area contributed by atoms with Crippen LogP contribution in [0, 0.1) is 6.92 Å². The van der Waals surface area contributed by atoms with E-state index in [0.717, 1.165) is 45.5 Å². The number of nitrogens with one attached hydrogen (secondary N) is 1. The maximum absolute atomic E-state index is 14.2. The second-order valence-electron chi connectivity index (χ2n) is 10.3. The minimum Gasteiger partial charge on any atom is -0.494 e. The Morgan fingerprint density at radius 1 is 0.976 bits per heavy atom. The number of rotatable bonds is 6. The largest absolute Gasteiger partial charge is 0.494 e. The maximum Gasteiger partial charge on any atom is 0.322 e. The molecule has 1 aliphatic heterocycles. The van der Waals surface area contributed by atoms with E-state index in [2.05, 4.69) is 63.4 Å². The van der Waals surface area contributed by atoms with E-state index in [1.54, 1.807) is 0 Å². The Balaban J connectivity index is 1.47. The number of hydrogen-bond acceptors (Lipinski definition) is 4. The van der Waals surface area contributed by atoms with Gasteiger partial charge in [0.1, 0.15) is 11.6 Å². The van der Waals surface area contributed by atoms with E-state index < -0.39 is 0 Å². The first-order chi connectivity index (χ1) is 19.9. The topological polar surface area (TPSA) is 67.6 Å². The Bertz CT molecular complexity index is 1650. The lowest BCUT2D eigenvalue weighted by molar-refractivity contribution is 0.194. The first-order valence-electron chi connectivity index (χ1n) is 13.8. The molecule has 0 unspecified atom stereocenters. The zero-order chi connectivity index (χ0) is 28.5. The summed E-state index contributed by atoms with van der Waals surface area (Å²) in [5.41, 5.74) is 6.67. The lowest BCUT2D eigenvalue weighted by Crippen LogP contribution is -2.38. The molecule has 0 fully saturated rings. The van der Waals surface area contributed by atoms with Crippen LogP contribution in [0.3, 0.4) is 0 Å². The van der Waals surface area contributed by atoms with E-state index in [0.29, 0.717) is 18.8 Å². The Morgan fingerprint density at radius 2 is 1.71 bits per heavy atom. The molecule has 0 spiro atoms. The number of urea groups is 1. The average molecular weight is 547 g/mol. The van der Waals surface area contributed by atoms with Gasteiger partial charge in [0.05, 0.1) is 36.3 Å². The standard InChI is InChI=1S/C33H34N6O2/c1-5-41-28-19-15-25(16-20-28)34-33(40)38-22-29-23(2)35-39(27-10-7-6-8-11-27)32(29)37-21-9-12-30(37)31(38)24-13-17-26(18-14-24)36(3)4/h6-21,31H,5,22H2,1-4H3,(H,34,40)/t31-/m1/s1. The van der Waals surface area contributed by atoms with Crippen LogP contribution < -0.4 is 15.0 Å². The molecular weight excluding hydrogens is 512 g/mol. The molecule has 6 rings (SSSR count). The zero-order valence-corrected chi connectivity index (χ0v) is 23.8. The Labute approximate surface area is 240 Å². The van der Waals surface area contributed by atoms with Crippen molar-refractivity contribution in [1.29, 1.82) is 0 Å². The highest BCUT2D eigenvalue weighted by Crippen LogP contribution is 2.39. The highest BCUT2D eigenvalue weighted by Gasteiger charge is 2.36. The van der Waals surface area contributed by atoms with Gasteiger partial charge < -0.3 is 24.4 Å². The summed E-state index contributed by atoms with van der Waals surface area (Å²) in [5, 5.41) is 8.07. The molecule has 8 heteroatoms. The van der Waals surface area contributed by atoms with Crippen LogP contribution in [0.5, 0.6) is 5.75 Å². The second-order valence-corrected chi connectivity index (χ2v) is 10.3. The molecular formula is C33H34N6O2. The molecule has 1 N–H and O–H groups in total. The van der Waals surface area contributed by atoms with Gasteiger partial charge in [-0.25, -0.2) is 9.48 Å². The van der Waals surface area contributed by atoms with E-state index in [1.807, 2.05) is 86.1 Å². The summed E-state index contributed by atoms with van der Waals surface area (Å²) in [6, 6.07) is 29.6. The van der Waals surface area contributed by atoms with Crippen LogP contribution >= 0.6 is 0 Å². The summed E-state index contributed by atoms with van der Waals surface area (Å²) in [5.74, 6) is 1.71. The predicted octanol–water partition coefficient (Wildman–Crippen LogP) is 6.57. The number of nitrogens with zero attached hydrogens (tertiary/aromatic N) is 5. The number of amides is 2. The van der Waals surface area contributed by atoms with E-state index in [-0.39, 0.29) is 12.1 Å². The van der Waals surface area contributed by atoms with Crippen molar-refractivity contribution in [2.75, 3.05) is 30.9 Å². The molecule has 0 bridgehead atoms. The molecule has 1 aliphatic rings. The van der Waals surface area contributed by atoms with Gasteiger partial charge in [-0.1, -0.05) is 30.3 Å². The third kappa shape index (κ3) is 4.93. The molecule has 3 aromatic carbocycles. The number of benzene rings is 3. The van der Waals surface area contributed by atoms with Crippen molar-refractivity contribution < 1.29 is 9.53 Å². The molecule has 1 atom stereocenters. The summed E-state index contributed by atoms with van der Waals surface area (Å²) in [4.78, 5) is 18.1. The van der Waals surface area contributed by atoms with Crippen LogP contribution in [0.1, 0.15) is 35.5 Å². The Morgan fingerprint density at radius 3 is 2.39 bits per heavy atom. The van der Waals surface area contributed by atoms with E-state index in [1.165, 1.54) is 0 Å². The molecule has 5 aromatic rings. The molecule has 208 valence electrons. The van der Waals surface area contributed by atoms with Crippen molar-refractivity contribution in [3.8, 4) is 17.3 Å². The fourth-order valence-electron chi connectivity index (χ4n) is 5.45. The predicted molar refractivity (Wildman–Crippen MR) is 162 cm³/mol. The van der Waals surface area contributed by atoms with Gasteiger partial charge in [-0.3, -0.25) is 0 Å². The third-order valence-corrected chi connectivity index (χ3v) is 7.49. The molecule has 0 saturated heterocycles. The van der Waals surface area contributed by atoms with E-state index >= 15 is 0 Å².